The SMILES string of the molecule is COCCC1COC2(C1)CN(C(=O)Nc1ccccc1F)C2. The molecule has 1 aromatic carbocycles. The molecule has 2 heterocycles. The van der Waals surface area contributed by atoms with Crippen LogP contribution in [0.3, 0.4) is 0 Å². The Labute approximate surface area is 129 Å². The van der Waals surface area contributed by atoms with E-state index in [9.17, 15) is 9.18 Å². The number of methoxy groups -OCH3 is 1. The van der Waals surface area contributed by atoms with E-state index in [1.165, 1.54) is 6.07 Å². The van der Waals surface area contributed by atoms with Gasteiger partial charge in [-0.25, -0.2) is 9.18 Å². The first-order valence-corrected chi connectivity index (χ1v) is 7.55. The van der Waals surface area contributed by atoms with Crippen molar-refractivity contribution in [2.75, 3.05) is 38.7 Å². The molecular weight excluding hydrogens is 287 g/mol. The van der Waals surface area contributed by atoms with Crippen molar-refractivity contribution in [1.29, 1.82) is 0 Å². The van der Waals surface area contributed by atoms with E-state index in [-0.39, 0.29) is 17.3 Å². The molecule has 6 heteroatoms. The average Bonchev–Trinajstić information content (AvgIpc) is 2.90. The summed E-state index contributed by atoms with van der Waals surface area (Å²) in [5.74, 6) is 0.0690. The predicted octanol–water partition coefficient (Wildman–Crippen LogP) is 2.49. The molecule has 5 nitrogen and oxygen atoms in total. The maximum atomic E-state index is 13.5. The van der Waals surface area contributed by atoms with Crippen molar-refractivity contribution >= 4 is 11.7 Å². The highest BCUT2D eigenvalue weighted by Crippen LogP contribution is 2.39. The lowest BCUT2D eigenvalue weighted by molar-refractivity contribution is -0.0894. The number of likely N-dealkylation sites (tertiary alicyclic amines) is 1. The molecule has 1 atom stereocenters. The lowest BCUT2D eigenvalue weighted by atomic mass is 9.86. The van der Waals surface area contributed by atoms with Gasteiger partial charge in [-0.05, 0) is 30.9 Å². The first kappa shape index (κ1) is 15.2. The average molecular weight is 308 g/mol. The molecule has 2 aliphatic heterocycles. The number of hydrogen-bond acceptors (Lipinski definition) is 3. The van der Waals surface area contributed by atoms with Gasteiger partial charge in [-0.2, -0.15) is 0 Å². The standard InChI is InChI=1S/C16H21FN2O3/c1-21-7-6-12-8-16(22-9-12)10-19(11-16)15(20)18-14-5-3-2-4-13(14)17/h2-5,12H,6-11H2,1H3,(H,18,20). The van der Waals surface area contributed by atoms with Gasteiger partial charge in [0.15, 0.2) is 0 Å². The summed E-state index contributed by atoms with van der Waals surface area (Å²) in [6.07, 6.45) is 1.94. The number of para-hydroxylation sites is 1. The number of amides is 2. The third-order valence-electron chi connectivity index (χ3n) is 4.38. The monoisotopic (exact) mass is 308 g/mol. The molecule has 0 radical (unpaired) electrons. The second-order valence-electron chi connectivity index (χ2n) is 6.11. The fourth-order valence-electron chi connectivity index (χ4n) is 3.18. The van der Waals surface area contributed by atoms with Gasteiger partial charge in [0.25, 0.3) is 0 Å². The molecule has 1 aromatic rings. The highest BCUT2D eigenvalue weighted by Gasteiger charge is 2.51. The Morgan fingerprint density at radius 2 is 2.27 bits per heavy atom. The van der Waals surface area contributed by atoms with Crippen molar-refractivity contribution in [3.63, 3.8) is 0 Å². The Balaban J connectivity index is 1.49. The zero-order chi connectivity index (χ0) is 15.6. The summed E-state index contributed by atoms with van der Waals surface area (Å²) in [5.41, 5.74) is 0.00379. The van der Waals surface area contributed by atoms with Crippen molar-refractivity contribution in [3.8, 4) is 0 Å². The molecule has 22 heavy (non-hydrogen) atoms. The summed E-state index contributed by atoms with van der Waals surface area (Å²) < 4.78 is 24.5. The maximum Gasteiger partial charge on any atom is 0.322 e. The van der Waals surface area contributed by atoms with E-state index in [2.05, 4.69) is 5.32 Å². The van der Waals surface area contributed by atoms with E-state index in [0.717, 1.165) is 26.1 Å². The number of hydrogen-bond donors (Lipinski definition) is 1. The van der Waals surface area contributed by atoms with Crippen LogP contribution in [0.25, 0.3) is 0 Å². The van der Waals surface area contributed by atoms with E-state index >= 15 is 0 Å². The number of halogens is 1. The molecule has 0 aliphatic carbocycles. The molecule has 1 unspecified atom stereocenters. The van der Waals surface area contributed by atoms with Crippen molar-refractivity contribution in [3.05, 3.63) is 30.1 Å². The highest BCUT2D eigenvalue weighted by atomic mass is 19.1. The van der Waals surface area contributed by atoms with Crippen molar-refractivity contribution in [1.82, 2.24) is 4.90 Å². The minimum absolute atomic E-state index is 0.203. The first-order valence-electron chi connectivity index (χ1n) is 7.55. The molecule has 1 spiro atoms. The Hall–Kier alpha value is -1.66. The Morgan fingerprint density at radius 1 is 1.50 bits per heavy atom. The number of ether oxygens (including phenoxy) is 2. The van der Waals surface area contributed by atoms with Crippen LogP contribution in [0.15, 0.2) is 24.3 Å². The Bertz CT molecular complexity index is 546. The maximum absolute atomic E-state index is 13.5. The largest absolute Gasteiger partial charge is 0.385 e. The van der Waals surface area contributed by atoms with Crippen LogP contribution in [-0.2, 0) is 9.47 Å². The van der Waals surface area contributed by atoms with E-state index in [1.54, 1.807) is 30.2 Å². The van der Waals surface area contributed by atoms with Crippen LogP contribution >= 0.6 is 0 Å². The summed E-state index contributed by atoms with van der Waals surface area (Å²) in [7, 11) is 1.70. The number of nitrogens with one attached hydrogen (secondary N) is 1. The molecular formula is C16H21FN2O3. The van der Waals surface area contributed by atoms with Gasteiger partial charge in [0.1, 0.15) is 11.4 Å². The quantitative estimate of drug-likeness (QED) is 0.930. The molecule has 2 aliphatic rings. The molecule has 1 N–H and O–H groups in total. The van der Waals surface area contributed by atoms with Crippen LogP contribution in [0.5, 0.6) is 0 Å². The normalized spacial score (nSPS) is 22.6. The Kier molecular flexibility index (Phi) is 4.31. The van der Waals surface area contributed by atoms with Crippen molar-refractivity contribution in [2.45, 2.75) is 18.4 Å². The van der Waals surface area contributed by atoms with Gasteiger partial charge < -0.3 is 19.7 Å². The topological polar surface area (TPSA) is 50.8 Å². The van der Waals surface area contributed by atoms with Crippen LogP contribution in [0.2, 0.25) is 0 Å². The van der Waals surface area contributed by atoms with Gasteiger partial charge in [-0.3, -0.25) is 0 Å². The zero-order valence-corrected chi connectivity index (χ0v) is 12.7. The second-order valence-corrected chi connectivity index (χ2v) is 6.11. The van der Waals surface area contributed by atoms with Crippen LogP contribution < -0.4 is 5.32 Å². The minimum atomic E-state index is -0.428. The third kappa shape index (κ3) is 3.08. The summed E-state index contributed by atoms with van der Waals surface area (Å²) in [6.45, 7) is 2.60. The number of rotatable bonds is 4. The molecule has 120 valence electrons. The predicted molar refractivity (Wildman–Crippen MR) is 80.3 cm³/mol. The van der Waals surface area contributed by atoms with E-state index in [0.29, 0.717) is 19.0 Å². The van der Waals surface area contributed by atoms with Crippen molar-refractivity contribution in [2.24, 2.45) is 5.92 Å². The van der Waals surface area contributed by atoms with Crippen LogP contribution in [0.1, 0.15) is 12.8 Å². The molecule has 2 amide bonds. The summed E-state index contributed by atoms with van der Waals surface area (Å²) >= 11 is 0. The second kappa shape index (κ2) is 6.22. The van der Waals surface area contributed by atoms with E-state index in [1.807, 2.05) is 0 Å². The number of carbonyl (C=O) groups is 1. The molecule has 0 saturated carbocycles. The molecule has 0 bridgehead atoms. The first-order chi connectivity index (χ1) is 10.6. The molecule has 0 aromatic heterocycles. The smallest absolute Gasteiger partial charge is 0.322 e. The molecule has 2 saturated heterocycles. The van der Waals surface area contributed by atoms with Crippen LogP contribution in [0.4, 0.5) is 14.9 Å². The van der Waals surface area contributed by atoms with Crippen molar-refractivity contribution < 1.29 is 18.7 Å². The van der Waals surface area contributed by atoms with Gasteiger partial charge in [0, 0.05) is 13.7 Å². The highest BCUT2D eigenvalue weighted by molar-refractivity contribution is 5.90. The fraction of sp³-hybridized carbons (Fsp3) is 0.562. The fourth-order valence-corrected chi connectivity index (χ4v) is 3.18. The lowest BCUT2D eigenvalue weighted by Gasteiger charge is -2.46. The van der Waals surface area contributed by atoms with Gasteiger partial charge >= 0.3 is 6.03 Å². The number of benzene rings is 1. The zero-order valence-electron chi connectivity index (χ0n) is 12.7. The van der Waals surface area contributed by atoms with Crippen LogP contribution in [-0.4, -0.2) is 49.9 Å². The number of urea groups is 1. The van der Waals surface area contributed by atoms with Crippen LogP contribution in [0, 0.1) is 11.7 Å². The summed E-state index contributed by atoms with van der Waals surface area (Å²) in [5, 5.41) is 2.60. The van der Waals surface area contributed by atoms with Gasteiger partial charge in [-0.1, -0.05) is 12.1 Å². The lowest BCUT2D eigenvalue weighted by Crippen LogP contribution is -2.64. The molecule has 2 fully saturated rings. The number of carbonyl (C=O) groups excluding carboxylic acids is 1. The Morgan fingerprint density at radius 3 is 3.00 bits per heavy atom. The van der Waals surface area contributed by atoms with Gasteiger partial charge in [-0.15, -0.1) is 0 Å². The third-order valence-corrected chi connectivity index (χ3v) is 4.38. The van der Waals surface area contributed by atoms with Gasteiger partial charge in [0.2, 0.25) is 0 Å². The summed E-state index contributed by atoms with van der Waals surface area (Å²) in [4.78, 5) is 13.8. The van der Waals surface area contributed by atoms with E-state index < -0.39 is 5.82 Å². The van der Waals surface area contributed by atoms with Gasteiger partial charge in [0.05, 0.1) is 25.4 Å². The van der Waals surface area contributed by atoms with E-state index in [4.69, 9.17) is 9.47 Å². The molecule has 3 rings (SSSR count). The number of anilines is 1. The summed E-state index contributed by atoms with van der Waals surface area (Å²) in [6, 6.07) is 5.88. The minimum Gasteiger partial charge on any atom is -0.385 e. The number of nitrogens with zero attached hydrogens (tertiary/aromatic N) is 1.